The first-order valence-corrected chi connectivity index (χ1v) is 7.89. The third-order valence-corrected chi connectivity index (χ3v) is 4.31. The number of hydrogen-bond donors (Lipinski definition) is 0. The molecule has 0 amide bonds. The minimum atomic E-state index is -0.116. The van der Waals surface area contributed by atoms with Gasteiger partial charge in [-0.1, -0.05) is 0 Å². The van der Waals surface area contributed by atoms with E-state index in [0.717, 1.165) is 42.1 Å². The number of methoxy groups -OCH3 is 1. The van der Waals surface area contributed by atoms with Gasteiger partial charge >= 0.3 is 0 Å². The summed E-state index contributed by atoms with van der Waals surface area (Å²) in [5, 5.41) is -0.116. The van der Waals surface area contributed by atoms with Gasteiger partial charge in [0.15, 0.2) is 0 Å². The van der Waals surface area contributed by atoms with Crippen molar-refractivity contribution in [2.45, 2.75) is 44.2 Å². The van der Waals surface area contributed by atoms with Crippen molar-refractivity contribution in [3.8, 4) is 5.75 Å². The first-order valence-electron chi connectivity index (χ1n) is 7.45. The lowest BCUT2D eigenvalue weighted by atomic mass is 9.88. The van der Waals surface area contributed by atoms with Crippen LogP contribution in [-0.2, 0) is 4.74 Å². The highest BCUT2D eigenvalue weighted by molar-refractivity contribution is 6.20. The maximum absolute atomic E-state index is 6.33. The molecule has 21 heavy (non-hydrogen) atoms. The number of nitrogens with zero attached hydrogens (tertiary/aromatic N) is 2. The van der Waals surface area contributed by atoms with Crippen molar-refractivity contribution in [1.82, 2.24) is 9.55 Å². The van der Waals surface area contributed by atoms with Gasteiger partial charge in [0.2, 0.25) is 0 Å². The van der Waals surface area contributed by atoms with E-state index in [1.54, 1.807) is 7.11 Å². The fraction of sp³-hybridized carbons (Fsp3) is 0.562. The average molecular weight is 309 g/mol. The fourth-order valence-electron chi connectivity index (χ4n) is 3.00. The number of rotatable bonds is 5. The summed E-state index contributed by atoms with van der Waals surface area (Å²) in [4.78, 5) is 4.70. The molecule has 0 saturated heterocycles. The van der Waals surface area contributed by atoms with Crippen LogP contribution < -0.4 is 4.74 Å². The number of halogens is 1. The quantitative estimate of drug-likeness (QED) is 0.781. The number of benzene rings is 1. The molecule has 4 nitrogen and oxygen atoms in total. The van der Waals surface area contributed by atoms with Gasteiger partial charge in [-0.15, -0.1) is 11.6 Å². The van der Waals surface area contributed by atoms with Crippen molar-refractivity contribution in [3.63, 3.8) is 0 Å². The molecular formula is C16H21ClN2O2. The Morgan fingerprint density at radius 1 is 1.43 bits per heavy atom. The van der Waals surface area contributed by atoms with Crippen LogP contribution in [0.25, 0.3) is 11.0 Å². The molecule has 0 bridgehead atoms. The van der Waals surface area contributed by atoms with Gasteiger partial charge in [0.1, 0.15) is 11.6 Å². The van der Waals surface area contributed by atoms with E-state index in [0.29, 0.717) is 12.1 Å². The van der Waals surface area contributed by atoms with Crippen LogP contribution in [0.1, 0.15) is 43.9 Å². The predicted octanol–water partition coefficient (Wildman–Crippen LogP) is 4.08. The molecule has 1 aromatic heterocycles. The third-order valence-electron chi connectivity index (χ3n) is 4.12. The van der Waals surface area contributed by atoms with Crippen LogP contribution in [0.5, 0.6) is 5.75 Å². The highest BCUT2D eigenvalue weighted by Crippen LogP contribution is 2.40. The molecule has 1 saturated carbocycles. The van der Waals surface area contributed by atoms with Gasteiger partial charge in [0.25, 0.3) is 0 Å². The van der Waals surface area contributed by atoms with Crippen LogP contribution in [0.4, 0.5) is 0 Å². The van der Waals surface area contributed by atoms with E-state index in [1.807, 2.05) is 32.0 Å². The lowest BCUT2D eigenvalue weighted by Gasteiger charge is -2.37. The van der Waals surface area contributed by atoms with Crippen LogP contribution in [-0.4, -0.2) is 29.4 Å². The Kier molecular flexibility index (Phi) is 4.09. The molecule has 5 heteroatoms. The Hall–Kier alpha value is -1.26. The van der Waals surface area contributed by atoms with Crippen LogP contribution in [0.2, 0.25) is 0 Å². The van der Waals surface area contributed by atoms with Gasteiger partial charge in [0.05, 0.1) is 29.6 Å². The maximum Gasteiger partial charge on any atom is 0.127 e. The van der Waals surface area contributed by atoms with E-state index >= 15 is 0 Å². The molecule has 1 aromatic carbocycles. The number of alkyl halides is 1. The normalized spacial score (nSPS) is 23.0. The third kappa shape index (κ3) is 2.62. The second kappa shape index (κ2) is 5.85. The molecule has 0 radical (unpaired) electrons. The summed E-state index contributed by atoms with van der Waals surface area (Å²) in [5.41, 5.74) is 2.06. The zero-order valence-electron chi connectivity index (χ0n) is 12.7. The Morgan fingerprint density at radius 2 is 2.19 bits per heavy atom. The van der Waals surface area contributed by atoms with Crippen LogP contribution in [0, 0.1) is 0 Å². The van der Waals surface area contributed by atoms with Crippen molar-refractivity contribution >= 4 is 22.6 Å². The van der Waals surface area contributed by atoms with Gasteiger partial charge < -0.3 is 14.0 Å². The Morgan fingerprint density at radius 3 is 2.81 bits per heavy atom. The number of aromatic nitrogens is 2. The highest BCUT2D eigenvalue weighted by atomic mass is 35.5. The van der Waals surface area contributed by atoms with Crippen molar-refractivity contribution in [1.29, 1.82) is 0 Å². The molecule has 1 unspecified atom stereocenters. The zero-order valence-corrected chi connectivity index (χ0v) is 13.4. The summed E-state index contributed by atoms with van der Waals surface area (Å²) in [5.74, 6) is 1.78. The Balaban J connectivity index is 2.00. The summed E-state index contributed by atoms with van der Waals surface area (Å²) < 4.78 is 13.3. The van der Waals surface area contributed by atoms with Gasteiger partial charge in [-0.25, -0.2) is 4.98 Å². The highest BCUT2D eigenvalue weighted by Gasteiger charge is 2.34. The average Bonchev–Trinajstić information content (AvgIpc) is 2.80. The molecule has 1 fully saturated rings. The van der Waals surface area contributed by atoms with Gasteiger partial charge in [0, 0.05) is 18.7 Å². The molecule has 1 aliphatic rings. The van der Waals surface area contributed by atoms with Crippen LogP contribution >= 0.6 is 11.6 Å². The number of imidazole rings is 1. The minimum Gasteiger partial charge on any atom is -0.497 e. The molecule has 0 N–H and O–H groups in total. The van der Waals surface area contributed by atoms with Crippen LogP contribution in [0.3, 0.4) is 0 Å². The van der Waals surface area contributed by atoms with E-state index < -0.39 is 0 Å². The Labute approximate surface area is 130 Å². The van der Waals surface area contributed by atoms with Gasteiger partial charge in [-0.3, -0.25) is 0 Å². The minimum absolute atomic E-state index is 0.116. The fourth-order valence-corrected chi connectivity index (χ4v) is 3.16. The summed E-state index contributed by atoms with van der Waals surface area (Å²) >= 11 is 6.33. The van der Waals surface area contributed by atoms with Gasteiger partial charge in [-0.2, -0.15) is 0 Å². The van der Waals surface area contributed by atoms with Crippen molar-refractivity contribution in [3.05, 3.63) is 24.0 Å². The maximum atomic E-state index is 6.33. The predicted molar refractivity (Wildman–Crippen MR) is 84.2 cm³/mol. The molecule has 0 aliphatic heterocycles. The number of fused-ring (bicyclic) bond motifs is 1. The molecule has 1 aliphatic carbocycles. The van der Waals surface area contributed by atoms with E-state index in [4.69, 9.17) is 26.1 Å². The Bertz CT molecular complexity index is 632. The smallest absolute Gasteiger partial charge is 0.127 e. The number of hydrogen-bond acceptors (Lipinski definition) is 3. The van der Waals surface area contributed by atoms with Gasteiger partial charge in [-0.05, 0) is 38.8 Å². The van der Waals surface area contributed by atoms with E-state index in [2.05, 4.69) is 4.57 Å². The molecule has 0 spiro atoms. The van der Waals surface area contributed by atoms with E-state index in [9.17, 15) is 0 Å². The first kappa shape index (κ1) is 14.7. The van der Waals surface area contributed by atoms with E-state index in [1.165, 1.54) is 0 Å². The molecule has 1 heterocycles. The first-order chi connectivity index (χ1) is 10.1. The summed E-state index contributed by atoms with van der Waals surface area (Å²) in [6, 6.07) is 6.38. The molecular weight excluding hydrogens is 288 g/mol. The van der Waals surface area contributed by atoms with Crippen molar-refractivity contribution in [2.75, 3.05) is 13.7 Å². The largest absolute Gasteiger partial charge is 0.497 e. The number of ether oxygens (including phenoxy) is 2. The van der Waals surface area contributed by atoms with Crippen LogP contribution in [0.15, 0.2) is 18.2 Å². The molecule has 3 rings (SSSR count). The molecule has 2 aromatic rings. The second-order valence-corrected chi connectivity index (χ2v) is 6.17. The second-order valence-electron chi connectivity index (χ2n) is 5.51. The monoisotopic (exact) mass is 308 g/mol. The standard InChI is InChI=1S/C16H21ClN2O2/c1-4-21-13-7-11(8-13)19-15-9-12(20-3)5-6-14(15)18-16(19)10(2)17/h5-6,9-11,13H,4,7-8H2,1-3H3. The van der Waals surface area contributed by atoms with Crippen molar-refractivity contribution < 1.29 is 9.47 Å². The zero-order chi connectivity index (χ0) is 15.0. The van der Waals surface area contributed by atoms with E-state index in [-0.39, 0.29) is 5.38 Å². The van der Waals surface area contributed by atoms with Crippen molar-refractivity contribution in [2.24, 2.45) is 0 Å². The lowest BCUT2D eigenvalue weighted by Crippen LogP contribution is -2.34. The summed E-state index contributed by atoms with van der Waals surface area (Å²) in [6.45, 7) is 4.78. The topological polar surface area (TPSA) is 36.3 Å². The summed E-state index contributed by atoms with van der Waals surface area (Å²) in [7, 11) is 1.68. The lowest BCUT2D eigenvalue weighted by molar-refractivity contribution is -0.0193. The summed E-state index contributed by atoms with van der Waals surface area (Å²) in [6.07, 6.45) is 2.40. The molecule has 114 valence electrons. The molecule has 1 atom stereocenters. The SMILES string of the molecule is CCOC1CC(n2c(C(C)Cl)nc3ccc(OC)cc32)C1.